The second-order valence-corrected chi connectivity index (χ2v) is 12.4. The van der Waals surface area contributed by atoms with Gasteiger partial charge in [-0.3, -0.25) is 8.37 Å². The monoisotopic (exact) mass is 510 g/mol. The lowest BCUT2D eigenvalue weighted by atomic mass is 9.26. The molecule has 0 aromatic heterocycles. The van der Waals surface area contributed by atoms with Gasteiger partial charge < -0.3 is 9.47 Å². The summed E-state index contributed by atoms with van der Waals surface area (Å²) in [5.74, 6) is 0.894. The number of rotatable bonds is 10. The Morgan fingerprint density at radius 1 is 0.676 bits per heavy atom. The smallest absolute Gasteiger partial charge is 0.264 e. The Hall–Kier alpha value is -2.14. The van der Waals surface area contributed by atoms with Gasteiger partial charge in [-0.25, -0.2) is 0 Å². The fourth-order valence-corrected chi connectivity index (χ4v) is 6.99. The molecule has 0 N–H and O–H groups in total. The van der Waals surface area contributed by atoms with E-state index in [1.165, 1.54) is 0 Å². The minimum Gasteiger partial charge on any atom is -0.497 e. The summed E-state index contributed by atoms with van der Waals surface area (Å²) in [7, 11) is -4.17. The molecule has 0 heterocycles. The van der Waals surface area contributed by atoms with Gasteiger partial charge in [-0.05, 0) is 48.2 Å². The Balaban J connectivity index is 1.83. The van der Waals surface area contributed by atoms with Crippen LogP contribution in [-0.4, -0.2) is 56.8 Å². The molecule has 186 valence electrons. The van der Waals surface area contributed by atoms with Crippen LogP contribution < -0.4 is 9.47 Å². The van der Waals surface area contributed by atoms with E-state index in [1.54, 1.807) is 14.2 Å². The third kappa shape index (κ3) is 4.10. The molecule has 2 saturated carbocycles. The minimum atomic E-state index is -3.69. The van der Waals surface area contributed by atoms with Gasteiger partial charge >= 0.3 is 0 Å². The summed E-state index contributed by atoms with van der Waals surface area (Å²) in [6, 6.07) is 15.5. The molecular formula is C24H30O8S2. The van der Waals surface area contributed by atoms with Gasteiger partial charge in [0.25, 0.3) is 20.2 Å². The van der Waals surface area contributed by atoms with Crippen molar-refractivity contribution in [1.82, 2.24) is 0 Å². The molecule has 2 aromatic carbocycles. The third-order valence-electron chi connectivity index (χ3n) is 7.60. The highest BCUT2D eigenvalue weighted by Gasteiger charge is 2.77. The van der Waals surface area contributed by atoms with Gasteiger partial charge in [0.15, 0.2) is 0 Å². The van der Waals surface area contributed by atoms with Crippen molar-refractivity contribution in [3.05, 3.63) is 59.7 Å². The molecule has 8 nitrogen and oxygen atoms in total. The van der Waals surface area contributed by atoms with Crippen molar-refractivity contribution >= 4 is 20.2 Å². The maximum absolute atomic E-state index is 11.9. The fraction of sp³-hybridized carbons (Fsp3) is 0.500. The molecule has 4 atom stereocenters. The van der Waals surface area contributed by atoms with Crippen LogP contribution in [0.15, 0.2) is 48.5 Å². The second-order valence-electron chi connectivity index (χ2n) is 9.09. The molecule has 4 rings (SSSR count). The fourth-order valence-electron chi connectivity index (χ4n) is 6.21. The average molecular weight is 511 g/mol. The molecule has 0 radical (unpaired) electrons. The predicted molar refractivity (Wildman–Crippen MR) is 127 cm³/mol. The van der Waals surface area contributed by atoms with Gasteiger partial charge in [-0.1, -0.05) is 24.3 Å². The summed E-state index contributed by atoms with van der Waals surface area (Å²) in [5, 5.41) is 0. The Kier molecular flexibility index (Phi) is 6.48. The van der Waals surface area contributed by atoms with E-state index in [0.29, 0.717) is 0 Å². The van der Waals surface area contributed by atoms with E-state index in [9.17, 15) is 16.8 Å². The van der Waals surface area contributed by atoms with E-state index in [2.05, 4.69) is 0 Å². The topological polar surface area (TPSA) is 105 Å². The normalized spacial score (nSPS) is 28.4. The van der Waals surface area contributed by atoms with Crippen LogP contribution in [0.2, 0.25) is 0 Å². The lowest BCUT2D eigenvalue weighted by molar-refractivity contribution is -0.192. The Morgan fingerprint density at radius 2 is 1.00 bits per heavy atom. The number of hydrogen-bond donors (Lipinski definition) is 0. The summed E-state index contributed by atoms with van der Waals surface area (Å²) in [6.07, 6.45) is 3.65. The van der Waals surface area contributed by atoms with Crippen molar-refractivity contribution in [2.45, 2.75) is 23.7 Å². The zero-order valence-corrected chi connectivity index (χ0v) is 21.3. The van der Waals surface area contributed by atoms with E-state index < -0.39 is 31.1 Å². The molecule has 0 aliphatic heterocycles. The highest BCUT2D eigenvalue weighted by Crippen LogP contribution is 2.76. The lowest BCUT2D eigenvalue weighted by Gasteiger charge is -2.77. The molecule has 10 heteroatoms. The first-order valence-corrected chi connectivity index (χ1v) is 14.6. The minimum absolute atomic E-state index is 0.0550. The number of ether oxygens (including phenoxy) is 2. The van der Waals surface area contributed by atoms with Crippen molar-refractivity contribution in [2.24, 2.45) is 11.8 Å². The summed E-state index contributed by atoms with van der Waals surface area (Å²) in [5.41, 5.74) is 1.19. The van der Waals surface area contributed by atoms with Crippen LogP contribution >= 0.6 is 0 Å². The maximum atomic E-state index is 11.9. The first-order chi connectivity index (χ1) is 16.0. The van der Waals surface area contributed by atoms with Crippen molar-refractivity contribution in [2.75, 3.05) is 39.9 Å². The van der Waals surface area contributed by atoms with Crippen LogP contribution in [0, 0.1) is 11.8 Å². The van der Waals surface area contributed by atoms with E-state index in [-0.39, 0.29) is 25.0 Å². The molecule has 2 aliphatic rings. The molecule has 0 saturated heterocycles. The average Bonchev–Trinajstić information content (AvgIpc) is 2.77. The molecule has 0 amide bonds. The van der Waals surface area contributed by atoms with Crippen LogP contribution in [0.1, 0.15) is 24.0 Å². The van der Waals surface area contributed by atoms with Gasteiger partial charge in [0, 0.05) is 22.7 Å². The van der Waals surface area contributed by atoms with Gasteiger partial charge in [-0.2, -0.15) is 16.8 Å². The summed E-state index contributed by atoms with van der Waals surface area (Å²) < 4.78 is 68.7. The molecule has 2 aliphatic carbocycles. The van der Waals surface area contributed by atoms with E-state index in [1.807, 2.05) is 48.5 Å². The Morgan fingerprint density at radius 3 is 1.24 bits per heavy atom. The standard InChI is InChI=1S/C24H30O8S2/c1-29-19-9-5-17(6-10-19)23-13-14-24(23,18-7-11-20(30-2)12-8-18)22(16-32-34(4,27)28)21(23)15-31-33(3,25)26/h5-12,21-22H,13-16H2,1-4H3/t21-,22-,23-,24+/m0/s1. The first-order valence-electron chi connectivity index (χ1n) is 10.9. The molecule has 0 unspecified atom stereocenters. The van der Waals surface area contributed by atoms with Crippen LogP contribution in [0.5, 0.6) is 11.5 Å². The van der Waals surface area contributed by atoms with Crippen molar-refractivity contribution in [3.63, 3.8) is 0 Å². The maximum Gasteiger partial charge on any atom is 0.264 e. The summed E-state index contributed by atoms with van der Waals surface area (Å²) in [4.78, 5) is 0. The Bertz CT molecular complexity index is 1140. The van der Waals surface area contributed by atoms with E-state index >= 15 is 0 Å². The number of methoxy groups -OCH3 is 2. The van der Waals surface area contributed by atoms with E-state index in [0.717, 1.165) is 48.0 Å². The highest BCUT2D eigenvalue weighted by atomic mass is 32.2. The van der Waals surface area contributed by atoms with Crippen molar-refractivity contribution < 1.29 is 34.7 Å². The van der Waals surface area contributed by atoms with Gasteiger partial charge in [-0.15, -0.1) is 0 Å². The lowest BCUT2D eigenvalue weighted by Crippen LogP contribution is -2.78. The second kappa shape index (κ2) is 8.82. The van der Waals surface area contributed by atoms with E-state index in [4.69, 9.17) is 17.8 Å². The zero-order chi connectivity index (χ0) is 24.8. The zero-order valence-electron chi connectivity index (χ0n) is 19.7. The van der Waals surface area contributed by atoms with Gasteiger partial charge in [0.1, 0.15) is 11.5 Å². The quantitative estimate of drug-likeness (QED) is 0.450. The van der Waals surface area contributed by atoms with Gasteiger partial charge in [0.05, 0.1) is 39.9 Å². The number of hydrogen-bond acceptors (Lipinski definition) is 8. The van der Waals surface area contributed by atoms with Crippen LogP contribution in [0.3, 0.4) is 0 Å². The molecule has 2 aromatic rings. The van der Waals surface area contributed by atoms with Gasteiger partial charge in [0.2, 0.25) is 0 Å². The molecule has 2 fully saturated rings. The molecular weight excluding hydrogens is 480 g/mol. The number of fused-ring (bicyclic) bond motifs is 1. The van der Waals surface area contributed by atoms with Crippen LogP contribution in [-0.2, 0) is 39.4 Å². The molecule has 34 heavy (non-hydrogen) atoms. The van der Waals surface area contributed by atoms with Crippen LogP contribution in [0.4, 0.5) is 0 Å². The predicted octanol–water partition coefficient (Wildman–Crippen LogP) is 2.87. The number of benzene rings is 2. The SMILES string of the molecule is COc1ccc([C@]23CC[C@@]2(c2ccc(OC)cc2)[C@@H](COS(C)(=O)=O)[C@@H]3COS(C)(=O)=O)cc1. The largest absolute Gasteiger partial charge is 0.497 e. The van der Waals surface area contributed by atoms with Crippen molar-refractivity contribution in [3.8, 4) is 11.5 Å². The Labute approximate surface area is 201 Å². The highest BCUT2D eigenvalue weighted by molar-refractivity contribution is 7.86. The van der Waals surface area contributed by atoms with Crippen molar-refractivity contribution in [1.29, 1.82) is 0 Å². The van der Waals surface area contributed by atoms with Crippen LogP contribution in [0.25, 0.3) is 0 Å². The first kappa shape index (κ1) is 25.0. The summed E-state index contributed by atoms with van der Waals surface area (Å²) in [6.45, 7) is -0.110. The summed E-state index contributed by atoms with van der Waals surface area (Å²) >= 11 is 0. The molecule has 0 bridgehead atoms. The third-order valence-corrected chi connectivity index (χ3v) is 8.72. The molecule has 0 spiro atoms.